The van der Waals surface area contributed by atoms with Crippen LogP contribution in [0.15, 0.2) is 24.3 Å². The third kappa shape index (κ3) is 7.51. The second-order valence-corrected chi connectivity index (χ2v) is 10.3. The van der Waals surface area contributed by atoms with E-state index in [0.29, 0.717) is 6.04 Å². The van der Waals surface area contributed by atoms with Gasteiger partial charge in [-0.05, 0) is 48.0 Å². The lowest BCUT2D eigenvalue weighted by Crippen LogP contribution is -2.46. The van der Waals surface area contributed by atoms with E-state index >= 15 is 0 Å². The van der Waals surface area contributed by atoms with E-state index in [1.54, 1.807) is 0 Å². The predicted molar refractivity (Wildman–Crippen MR) is 130 cm³/mol. The standard InChI is InChI=1S/C25H41N3OS/c1-25(2,3)22-12-10-21(11-13-22)20-28(15-7-14-27-16-18-29-19-17-27)24(30)26-23-8-5-4-6-9-23/h10-13,23H,4-9,14-20H2,1-3H3,(H,26,30). The van der Waals surface area contributed by atoms with Gasteiger partial charge >= 0.3 is 0 Å². The van der Waals surface area contributed by atoms with Gasteiger partial charge in [0.1, 0.15) is 0 Å². The highest BCUT2D eigenvalue weighted by atomic mass is 32.1. The minimum absolute atomic E-state index is 0.189. The molecular formula is C25H41N3OS. The van der Waals surface area contributed by atoms with Crippen LogP contribution in [0.5, 0.6) is 0 Å². The SMILES string of the molecule is CC(C)(C)c1ccc(CN(CCCN2CCOCC2)C(=S)NC2CCCCC2)cc1. The first-order valence-electron chi connectivity index (χ1n) is 11.9. The molecule has 168 valence electrons. The Kier molecular flexibility index (Phi) is 8.97. The molecule has 1 aliphatic heterocycles. The molecule has 2 fully saturated rings. The van der Waals surface area contributed by atoms with Gasteiger partial charge in [-0.1, -0.05) is 64.3 Å². The second-order valence-electron chi connectivity index (χ2n) is 9.96. The second kappa shape index (κ2) is 11.4. The zero-order chi connectivity index (χ0) is 21.4. The van der Waals surface area contributed by atoms with Crippen molar-refractivity contribution in [1.29, 1.82) is 0 Å². The number of hydrogen-bond acceptors (Lipinski definition) is 3. The van der Waals surface area contributed by atoms with E-state index in [4.69, 9.17) is 17.0 Å². The minimum atomic E-state index is 0.189. The van der Waals surface area contributed by atoms with E-state index in [9.17, 15) is 0 Å². The molecule has 3 rings (SSSR count). The van der Waals surface area contributed by atoms with Crippen molar-refractivity contribution >= 4 is 17.3 Å². The largest absolute Gasteiger partial charge is 0.379 e. The first kappa shape index (κ1) is 23.5. The summed E-state index contributed by atoms with van der Waals surface area (Å²) in [6.45, 7) is 13.6. The first-order chi connectivity index (χ1) is 14.4. The quantitative estimate of drug-likeness (QED) is 0.631. The van der Waals surface area contributed by atoms with Crippen LogP contribution in [-0.4, -0.2) is 60.3 Å². The minimum Gasteiger partial charge on any atom is -0.379 e. The molecule has 0 atom stereocenters. The number of nitrogens with zero attached hydrogens (tertiary/aromatic N) is 2. The molecule has 5 heteroatoms. The molecule has 1 aliphatic carbocycles. The third-order valence-electron chi connectivity index (χ3n) is 6.42. The number of morpholine rings is 1. The molecule has 1 aromatic carbocycles. The molecule has 0 aromatic heterocycles. The van der Waals surface area contributed by atoms with Crippen molar-refractivity contribution in [3.05, 3.63) is 35.4 Å². The van der Waals surface area contributed by atoms with Crippen LogP contribution < -0.4 is 5.32 Å². The molecule has 0 unspecified atom stereocenters. The number of thiocarbonyl (C=S) groups is 1. The maximum absolute atomic E-state index is 5.89. The van der Waals surface area contributed by atoms with Gasteiger partial charge in [0.15, 0.2) is 5.11 Å². The van der Waals surface area contributed by atoms with E-state index < -0.39 is 0 Å². The fourth-order valence-electron chi connectivity index (χ4n) is 4.41. The van der Waals surface area contributed by atoms with Crippen molar-refractivity contribution in [2.75, 3.05) is 39.4 Å². The summed E-state index contributed by atoms with van der Waals surface area (Å²) in [7, 11) is 0. The van der Waals surface area contributed by atoms with Gasteiger partial charge in [-0.3, -0.25) is 4.90 Å². The molecule has 4 nitrogen and oxygen atoms in total. The summed E-state index contributed by atoms with van der Waals surface area (Å²) in [5.41, 5.74) is 2.91. The number of ether oxygens (including phenoxy) is 1. The lowest BCUT2D eigenvalue weighted by Gasteiger charge is -2.32. The predicted octanol–water partition coefficient (Wildman–Crippen LogP) is 4.72. The molecule has 2 aliphatic rings. The van der Waals surface area contributed by atoms with Gasteiger partial charge in [0, 0.05) is 38.8 Å². The molecule has 0 spiro atoms. The highest BCUT2D eigenvalue weighted by Crippen LogP contribution is 2.23. The van der Waals surface area contributed by atoms with Crippen molar-refractivity contribution in [2.45, 2.75) is 77.3 Å². The molecule has 30 heavy (non-hydrogen) atoms. The van der Waals surface area contributed by atoms with Crippen molar-refractivity contribution < 1.29 is 4.74 Å². The molecule has 0 radical (unpaired) electrons. The molecule has 0 amide bonds. The summed E-state index contributed by atoms with van der Waals surface area (Å²) in [5.74, 6) is 0. The Hall–Kier alpha value is -1.17. The highest BCUT2D eigenvalue weighted by Gasteiger charge is 2.19. The molecule has 1 N–H and O–H groups in total. The number of hydrogen-bond donors (Lipinski definition) is 1. The van der Waals surface area contributed by atoms with Gasteiger partial charge in [-0.25, -0.2) is 0 Å². The van der Waals surface area contributed by atoms with Crippen LogP contribution in [0.2, 0.25) is 0 Å². The molecule has 1 aromatic rings. The third-order valence-corrected chi connectivity index (χ3v) is 6.80. The Labute approximate surface area is 189 Å². The van der Waals surface area contributed by atoms with Crippen LogP contribution in [0.3, 0.4) is 0 Å². The van der Waals surface area contributed by atoms with Crippen LogP contribution in [0.4, 0.5) is 0 Å². The summed E-state index contributed by atoms with van der Waals surface area (Å²) >= 11 is 5.89. The molecule has 1 heterocycles. The van der Waals surface area contributed by atoms with E-state index in [0.717, 1.165) is 57.5 Å². The van der Waals surface area contributed by atoms with E-state index in [-0.39, 0.29) is 5.41 Å². The Morgan fingerprint density at radius 2 is 1.77 bits per heavy atom. The zero-order valence-electron chi connectivity index (χ0n) is 19.3. The maximum Gasteiger partial charge on any atom is 0.169 e. The topological polar surface area (TPSA) is 27.7 Å². The summed E-state index contributed by atoms with van der Waals surface area (Å²) in [5, 5.41) is 4.62. The maximum atomic E-state index is 5.89. The van der Waals surface area contributed by atoms with Crippen LogP contribution in [0, 0.1) is 0 Å². The van der Waals surface area contributed by atoms with Crippen molar-refractivity contribution in [1.82, 2.24) is 15.1 Å². The monoisotopic (exact) mass is 431 g/mol. The average Bonchev–Trinajstić information content (AvgIpc) is 2.74. The van der Waals surface area contributed by atoms with Gasteiger partial charge < -0.3 is 15.0 Å². The van der Waals surface area contributed by atoms with Gasteiger partial charge in [-0.15, -0.1) is 0 Å². The Bertz CT molecular complexity index is 643. The lowest BCUT2D eigenvalue weighted by molar-refractivity contribution is 0.0367. The summed E-state index contributed by atoms with van der Waals surface area (Å²) < 4.78 is 5.48. The smallest absolute Gasteiger partial charge is 0.169 e. The van der Waals surface area contributed by atoms with E-state index in [1.807, 2.05) is 0 Å². The fraction of sp³-hybridized carbons (Fsp3) is 0.720. The van der Waals surface area contributed by atoms with Crippen molar-refractivity contribution in [3.63, 3.8) is 0 Å². The fourth-order valence-corrected chi connectivity index (χ4v) is 4.73. The molecule has 1 saturated carbocycles. The summed E-state index contributed by atoms with van der Waals surface area (Å²) in [6, 6.07) is 9.66. The van der Waals surface area contributed by atoms with Crippen LogP contribution in [0.25, 0.3) is 0 Å². The summed E-state index contributed by atoms with van der Waals surface area (Å²) in [6.07, 6.45) is 7.65. The van der Waals surface area contributed by atoms with Gasteiger partial charge in [0.2, 0.25) is 0 Å². The van der Waals surface area contributed by atoms with Gasteiger partial charge in [-0.2, -0.15) is 0 Å². The number of nitrogens with one attached hydrogen (secondary N) is 1. The van der Waals surface area contributed by atoms with E-state index in [1.165, 1.54) is 43.2 Å². The Morgan fingerprint density at radius 1 is 1.10 bits per heavy atom. The lowest BCUT2D eigenvalue weighted by atomic mass is 9.87. The van der Waals surface area contributed by atoms with Crippen molar-refractivity contribution in [3.8, 4) is 0 Å². The van der Waals surface area contributed by atoms with Crippen molar-refractivity contribution in [2.24, 2.45) is 0 Å². The number of rotatable bonds is 7. The summed E-state index contributed by atoms with van der Waals surface area (Å²) in [4.78, 5) is 4.90. The first-order valence-corrected chi connectivity index (χ1v) is 12.3. The van der Waals surface area contributed by atoms with Crippen LogP contribution in [-0.2, 0) is 16.7 Å². The van der Waals surface area contributed by atoms with Crippen LogP contribution in [0.1, 0.15) is 70.4 Å². The highest BCUT2D eigenvalue weighted by molar-refractivity contribution is 7.80. The van der Waals surface area contributed by atoms with Crippen LogP contribution >= 0.6 is 12.2 Å². The molecule has 1 saturated heterocycles. The normalized spacial score (nSPS) is 18.9. The number of benzene rings is 1. The van der Waals surface area contributed by atoms with Gasteiger partial charge in [0.25, 0.3) is 0 Å². The molecule has 0 bridgehead atoms. The van der Waals surface area contributed by atoms with Gasteiger partial charge in [0.05, 0.1) is 13.2 Å². The Morgan fingerprint density at radius 3 is 2.40 bits per heavy atom. The zero-order valence-corrected chi connectivity index (χ0v) is 20.1. The molecular weight excluding hydrogens is 390 g/mol. The van der Waals surface area contributed by atoms with E-state index in [2.05, 4.69) is 60.2 Å². The Balaban J connectivity index is 1.59. The average molecular weight is 432 g/mol.